The van der Waals surface area contributed by atoms with Crippen LogP contribution in [0.2, 0.25) is 5.02 Å². The van der Waals surface area contributed by atoms with Gasteiger partial charge in [0.05, 0.1) is 11.1 Å². The predicted octanol–water partition coefficient (Wildman–Crippen LogP) is 4.66. The van der Waals surface area contributed by atoms with Gasteiger partial charge in [0.25, 0.3) is 5.56 Å². The highest BCUT2D eigenvalue weighted by molar-refractivity contribution is 6.30. The third kappa shape index (κ3) is 4.05. The lowest BCUT2D eigenvalue weighted by atomic mass is 10.1. The van der Waals surface area contributed by atoms with E-state index in [4.69, 9.17) is 11.6 Å². The van der Waals surface area contributed by atoms with Crippen molar-refractivity contribution in [2.75, 3.05) is 5.32 Å². The van der Waals surface area contributed by atoms with Crippen molar-refractivity contribution in [2.45, 2.75) is 13.5 Å². The maximum atomic E-state index is 12.9. The van der Waals surface area contributed by atoms with Crippen LogP contribution in [0.4, 0.5) is 5.69 Å². The number of aromatic nitrogens is 2. The average molecular weight is 404 g/mol. The Morgan fingerprint density at radius 3 is 2.45 bits per heavy atom. The highest BCUT2D eigenvalue weighted by atomic mass is 35.5. The smallest absolute Gasteiger partial charge is 0.275 e. The zero-order valence-corrected chi connectivity index (χ0v) is 16.5. The zero-order chi connectivity index (χ0) is 20.4. The second-order valence-corrected chi connectivity index (χ2v) is 7.22. The summed E-state index contributed by atoms with van der Waals surface area (Å²) < 4.78 is 1.21. The fourth-order valence-electron chi connectivity index (χ4n) is 3.22. The van der Waals surface area contributed by atoms with E-state index in [0.29, 0.717) is 21.8 Å². The van der Waals surface area contributed by atoms with Crippen molar-refractivity contribution in [1.29, 1.82) is 0 Å². The fourth-order valence-corrected chi connectivity index (χ4v) is 3.35. The largest absolute Gasteiger partial charge is 0.324 e. The number of carbonyl (C=O) groups excluding carboxylic acids is 1. The van der Waals surface area contributed by atoms with E-state index >= 15 is 0 Å². The summed E-state index contributed by atoms with van der Waals surface area (Å²) >= 11 is 6.00. The summed E-state index contributed by atoms with van der Waals surface area (Å²) in [7, 11) is 0. The molecule has 29 heavy (non-hydrogen) atoms. The molecule has 3 aromatic carbocycles. The molecule has 0 unspecified atom stereocenters. The van der Waals surface area contributed by atoms with E-state index in [1.807, 2.05) is 49.4 Å². The first kappa shape index (κ1) is 18.9. The molecule has 0 aliphatic heterocycles. The van der Waals surface area contributed by atoms with Gasteiger partial charge >= 0.3 is 0 Å². The van der Waals surface area contributed by atoms with Crippen molar-refractivity contribution in [1.82, 2.24) is 9.78 Å². The number of halogens is 1. The molecule has 1 heterocycles. The van der Waals surface area contributed by atoms with Crippen LogP contribution in [0.1, 0.15) is 5.56 Å². The first-order valence-electron chi connectivity index (χ1n) is 9.13. The molecule has 1 aromatic heterocycles. The van der Waals surface area contributed by atoms with E-state index in [9.17, 15) is 9.59 Å². The van der Waals surface area contributed by atoms with Gasteiger partial charge in [0.1, 0.15) is 6.54 Å². The van der Waals surface area contributed by atoms with Gasteiger partial charge in [-0.2, -0.15) is 5.10 Å². The maximum Gasteiger partial charge on any atom is 0.275 e. The molecule has 1 N–H and O–H groups in total. The molecule has 0 spiro atoms. The average Bonchev–Trinajstić information content (AvgIpc) is 2.71. The van der Waals surface area contributed by atoms with Crippen LogP contribution in [0.5, 0.6) is 0 Å². The summed E-state index contributed by atoms with van der Waals surface area (Å²) in [4.78, 5) is 25.5. The maximum absolute atomic E-state index is 12.9. The summed E-state index contributed by atoms with van der Waals surface area (Å²) in [6, 6.07) is 22.0. The van der Waals surface area contributed by atoms with E-state index in [1.165, 1.54) is 4.68 Å². The Bertz CT molecular complexity index is 1260. The van der Waals surface area contributed by atoms with E-state index in [2.05, 4.69) is 10.4 Å². The number of carbonyl (C=O) groups is 1. The van der Waals surface area contributed by atoms with Crippen molar-refractivity contribution in [3.8, 4) is 11.3 Å². The van der Waals surface area contributed by atoms with Crippen LogP contribution in [0.15, 0.2) is 77.6 Å². The number of aryl methyl sites for hydroxylation is 1. The first-order chi connectivity index (χ1) is 14.0. The van der Waals surface area contributed by atoms with E-state index in [-0.39, 0.29) is 18.0 Å². The van der Waals surface area contributed by atoms with Crippen molar-refractivity contribution in [2.24, 2.45) is 0 Å². The molecule has 0 saturated carbocycles. The van der Waals surface area contributed by atoms with Crippen LogP contribution in [-0.4, -0.2) is 15.7 Å². The number of hydrogen-bond donors (Lipinski definition) is 1. The van der Waals surface area contributed by atoms with E-state index in [0.717, 1.165) is 16.5 Å². The topological polar surface area (TPSA) is 64.0 Å². The number of amides is 1. The molecule has 4 rings (SSSR count). The van der Waals surface area contributed by atoms with Gasteiger partial charge in [0.15, 0.2) is 0 Å². The summed E-state index contributed by atoms with van der Waals surface area (Å²) in [6.07, 6.45) is 0. The first-order valence-corrected chi connectivity index (χ1v) is 9.51. The molecular formula is C23H18ClN3O2. The van der Waals surface area contributed by atoms with E-state index in [1.54, 1.807) is 30.3 Å². The lowest BCUT2D eigenvalue weighted by Crippen LogP contribution is -2.30. The van der Waals surface area contributed by atoms with Gasteiger partial charge in [0.2, 0.25) is 5.91 Å². The van der Waals surface area contributed by atoms with Crippen molar-refractivity contribution < 1.29 is 4.79 Å². The minimum atomic E-state index is -0.317. The van der Waals surface area contributed by atoms with Crippen LogP contribution < -0.4 is 10.9 Å². The van der Waals surface area contributed by atoms with Crippen LogP contribution in [0.3, 0.4) is 0 Å². The molecule has 6 heteroatoms. The van der Waals surface area contributed by atoms with Crippen LogP contribution in [0.25, 0.3) is 22.0 Å². The minimum absolute atomic E-state index is 0.182. The number of fused-ring (bicyclic) bond motifs is 1. The summed E-state index contributed by atoms with van der Waals surface area (Å²) in [5.41, 5.74) is 2.85. The van der Waals surface area contributed by atoms with Gasteiger partial charge < -0.3 is 5.32 Å². The van der Waals surface area contributed by atoms with Gasteiger partial charge in [-0.15, -0.1) is 0 Å². The summed E-state index contributed by atoms with van der Waals surface area (Å²) in [5, 5.41) is 9.17. The molecule has 0 atom stereocenters. The molecule has 0 aliphatic rings. The highest BCUT2D eigenvalue weighted by Crippen LogP contribution is 2.25. The minimum Gasteiger partial charge on any atom is -0.324 e. The third-order valence-electron chi connectivity index (χ3n) is 4.58. The summed E-state index contributed by atoms with van der Waals surface area (Å²) in [6.45, 7) is 1.77. The zero-order valence-electron chi connectivity index (χ0n) is 15.7. The van der Waals surface area contributed by atoms with Crippen LogP contribution in [0, 0.1) is 6.92 Å². The number of nitrogens with one attached hydrogen (secondary N) is 1. The Kier molecular flexibility index (Phi) is 5.14. The molecule has 5 nitrogen and oxygen atoms in total. The van der Waals surface area contributed by atoms with Gasteiger partial charge in [-0.05, 0) is 42.8 Å². The number of rotatable bonds is 4. The van der Waals surface area contributed by atoms with Gasteiger partial charge in [-0.3, -0.25) is 9.59 Å². The quantitative estimate of drug-likeness (QED) is 0.538. The molecule has 0 bridgehead atoms. The van der Waals surface area contributed by atoms with Crippen LogP contribution in [-0.2, 0) is 11.3 Å². The van der Waals surface area contributed by atoms with Crippen molar-refractivity contribution in [3.63, 3.8) is 0 Å². The summed E-state index contributed by atoms with van der Waals surface area (Å²) in [5.74, 6) is -0.317. The monoisotopic (exact) mass is 403 g/mol. The Morgan fingerprint density at radius 2 is 1.72 bits per heavy atom. The Labute approximate surface area is 172 Å². The highest BCUT2D eigenvalue weighted by Gasteiger charge is 2.14. The Morgan fingerprint density at radius 1 is 1.00 bits per heavy atom. The number of nitrogens with zero attached hydrogens (tertiary/aromatic N) is 2. The normalized spacial score (nSPS) is 10.8. The number of benzene rings is 3. The SMILES string of the molecule is Cc1cccc(NC(=O)Cn2nc(-c3ccc(Cl)cc3)c3ccccc3c2=O)c1. The predicted molar refractivity (Wildman–Crippen MR) is 116 cm³/mol. The van der Waals surface area contributed by atoms with Crippen molar-refractivity contribution >= 4 is 34.0 Å². The molecule has 1 amide bonds. The second-order valence-electron chi connectivity index (χ2n) is 6.78. The Balaban J connectivity index is 1.74. The fraction of sp³-hybridized carbons (Fsp3) is 0.0870. The number of anilines is 1. The molecule has 4 aromatic rings. The molecule has 0 saturated heterocycles. The second kappa shape index (κ2) is 7.89. The Hall–Kier alpha value is -3.44. The molecular weight excluding hydrogens is 386 g/mol. The van der Waals surface area contributed by atoms with Crippen LogP contribution >= 0.6 is 11.6 Å². The number of hydrogen-bond acceptors (Lipinski definition) is 3. The van der Waals surface area contributed by atoms with Gasteiger partial charge in [-0.25, -0.2) is 4.68 Å². The standard InChI is InChI=1S/C23H18ClN3O2/c1-15-5-4-6-18(13-15)25-21(28)14-27-23(29)20-8-3-2-7-19(20)22(26-27)16-9-11-17(24)12-10-16/h2-13H,14H2,1H3,(H,25,28). The van der Waals surface area contributed by atoms with Gasteiger partial charge in [0, 0.05) is 21.7 Å². The molecule has 0 fully saturated rings. The molecule has 0 radical (unpaired) electrons. The molecule has 0 aliphatic carbocycles. The third-order valence-corrected chi connectivity index (χ3v) is 4.83. The van der Waals surface area contributed by atoms with E-state index < -0.39 is 0 Å². The molecule has 144 valence electrons. The van der Waals surface area contributed by atoms with Crippen molar-refractivity contribution in [3.05, 3.63) is 93.7 Å². The van der Waals surface area contributed by atoms with Gasteiger partial charge in [-0.1, -0.05) is 54.1 Å². The lowest BCUT2D eigenvalue weighted by molar-refractivity contribution is -0.117. The lowest BCUT2D eigenvalue weighted by Gasteiger charge is -2.12.